The summed E-state index contributed by atoms with van der Waals surface area (Å²) in [4.78, 5) is 18.8. The van der Waals surface area contributed by atoms with Crippen molar-refractivity contribution in [2.24, 2.45) is 17.0 Å². The Hall–Kier alpha value is -2.76. The predicted molar refractivity (Wildman–Crippen MR) is 107 cm³/mol. The summed E-state index contributed by atoms with van der Waals surface area (Å²) in [5, 5.41) is 8.80. The number of hydrogen-bond acceptors (Lipinski definition) is 8. The third-order valence-corrected chi connectivity index (χ3v) is 6.62. The van der Waals surface area contributed by atoms with Crippen LogP contribution in [0.1, 0.15) is 0 Å². The number of ether oxygens (including phenoxy) is 1. The first kappa shape index (κ1) is 18.3. The lowest BCUT2D eigenvalue weighted by Gasteiger charge is -2.18. The molecule has 0 amide bonds. The van der Waals surface area contributed by atoms with E-state index in [-0.39, 0.29) is 10.6 Å². The zero-order valence-electron chi connectivity index (χ0n) is 15.8. The number of nitrogens with one attached hydrogen (secondary N) is 2. The molecule has 0 aliphatic carbocycles. The summed E-state index contributed by atoms with van der Waals surface area (Å²) in [6, 6.07) is 4.80. The van der Waals surface area contributed by atoms with Crippen LogP contribution in [0.2, 0.25) is 0 Å². The minimum atomic E-state index is -3.96. The molecule has 5 rings (SSSR count). The molecular weight excluding hydrogens is 394 g/mol. The van der Waals surface area contributed by atoms with Gasteiger partial charge >= 0.3 is 0 Å². The van der Waals surface area contributed by atoms with Crippen molar-refractivity contribution in [1.82, 2.24) is 25.3 Å². The lowest BCUT2D eigenvalue weighted by molar-refractivity contribution is 0.403. The molecule has 2 atom stereocenters. The van der Waals surface area contributed by atoms with E-state index in [2.05, 4.69) is 25.2 Å². The molecule has 0 saturated carbocycles. The van der Waals surface area contributed by atoms with E-state index >= 15 is 0 Å². The molecule has 11 heteroatoms. The van der Waals surface area contributed by atoms with Crippen LogP contribution in [0.4, 0.5) is 5.95 Å². The van der Waals surface area contributed by atoms with Crippen molar-refractivity contribution in [3.63, 3.8) is 0 Å². The van der Waals surface area contributed by atoms with Gasteiger partial charge < -0.3 is 19.9 Å². The molecule has 10 nitrogen and oxygen atoms in total. The zero-order chi connectivity index (χ0) is 20.2. The fourth-order valence-corrected chi connectivity index (χ4v) is 4.96. The van der Waals surface area contributed by atoms with Gasteiger partial charge in [-0.3, -0.25) is 0 Å². The van der Waals surface area contributed by atoms with Crippen molar-refractivity contribution in [3.05, 3.63) is 24.5 Å². The topological polar surface area (TPSA) is 139 Å². The molecule has 3 aromatic rings. The number of imidazole rings is 1. The van der Waals surface area contributed by atoms with E-state index in [0.717, 1.165) is 26.2 Å². The number of rotatable bonds is 4. The number of aromatic amines is 1. The van der Waals surface area contributed by atoms with E-state index < -0.39 is 10.0 Å². The van der Waals surface area contributed by atoms with E-state index in [1.54, 1.807) is 18.5 Å². The Morgan fingerprint density at radius 2 is 1.97 bits per heavy atom. The zero-order valence-corrected chi connectivity index (χ0v) is 16.6. The van der Waals surface area contributed by atoms with Gasteiger partial charge in [0.2, 0.25) is 16.0 Å². The van der Waals surface area contributed by atoms with E-state index in [4.69, 9.17) is 14.9 Å². The number of aromatic nitrogens is 4. The molecule has 0 radical (unpaired) electrons. The maximum Gasteiger partial charge on any atom is 0.241 e. The van der Waals surface area contributed by atoms with Crippen molar-refractivity contribution in [3.8, 4) is 17.0 Å². The van der Waals surface area contributed by atoms with Gasteiger partial charge in [0.05, 0.1) is 13.4 Å². The van der Waals surface area contributed by atoms with Crippen LogP contribution in [0.5, 0.6) is 5.75 Å². The van der Waals surface area contributed by atoms with Gasteiger partial charge in [0.15, 0.2) is 5.65 Å². The number of H-pyrrole nitrogens is 1. The largest absolute Gasteiger partial charge is 0.495 e. The summed E-state index contributed by atoms with van der Waals surface area (Å²) < 4.78 is 29.2. The summed E-state index contributed by atoms with van der Waals surface area (Å²) >= 11 is 0. The Kier molecular flexibility index (Phi) is 4.19. The number of methoxy groups -OCH3 is 1. The van der Waals surface area contributed by atoms with E-state index in [1.807, 2.05) is 0 Å². The molecule has 2 aromatic heterocycles. The molecule has 2 fully saturated rings. The van der Waals surface area contributed by atoms with Crippen LogP contribution in [0, 0.1) is 11.8 Å². The third kappa shape index (κ3) is 3.11. The minimum absolute atomic E-state index is 0.0906. The standard InChI is InChI=1S/C18H21N7O3S/c1-28-13-3-2-10(4-14(13)29(19,26)27)15-16-17(22-9-21-16)24-18(23-15)25-7-11-5-20-6-12(11)8-25/h2-4,9,11-12,20H,5-8H2,1H3,(H2,19,26,27)(H,21,22,23,24). The molecule has 2 unspecified atom stereocenters. The molecule has 152 valence electrons. The molecule has 2 saturated heterocycles. The van der Waals surface area contributed by atoms with Gasteiger partial charge in [-0.25, -0.2) is 23.5 Å². The van der Waals surface area contributed by atoms with Gasteiger partial charge in [-0.2, -0.15) is 4.98 Å². The van der Waals surface area contributed by atoms with Crippen molar-refractivity contribution in [2.75, 3.05) is 38.2 Å². The number of nitrogens with two attached hydrogens (primary N) is 1. The predicted octanol–water partition coefficient (Wildman–Crippen LogP) is 0.332. The molecule has 2 aliphatic rings. The summed E-state index contributed by atoms with van der Waals surface area (Å²) in [5.41, 5.74) is 2.34. The lowest BCUT2D eigenvalue weighted by atomic mass is 10.0. The van der Waals surface area contributed by atoms with E-state index in [0.29, 0.717) is 40.2 Å². The highest BCUT2D eigenvalue weighted by Gasteiger charge is 2.37. The van der Waals surface area contributed by atoms with Crippen LogP contribution >= 0.6 is 0 Å². The van der Waals surface area contributed by atoms with E-state index in [9.17, 15) is 8.42 Å². The molecular formula is C18H21N7O3S. The van der Waals surface area contributed by atoms with Gasteiger partial charge in [-0.15, -0.1) is 0 Å². The van der Waals surface area contributed by atoms with Crippen LogP contribution in [-0.4, -0.2) is 61.6 Å². The second kappa shape index (κ2) is 6.65. The maximum absolute atomic E-state index is 12.0. The number of anilines is 1. The van der Waals surface area contributed by atoms with Crippen LogP contribution < -0.4 is 20.1 Å². The highest BCUT2D eigenvalue weighted by molar-refractivity contribution is 7.89. The molecule has 1 aromatic carbocycles. The average molecular weight is 415 g/mol. The Morgan fingerprint density at radius 1 is 1.21 bits per heavy atom. The summed E-state index contributed by atoms with van der Waals surface area (Å²) in [5.74, 6) is 1.96. The van der Waals surface area contributed by atoms with Gasteiger partial charge in [-0.1, -0.05) is 0 Å². The maximum atomic E-state index is 12.0. The number of benzene rings is 1. The minimum Gasteiger partial charge on any atom is -0.495 e. The number of nitrogens with zero attached hydrogens (tertiary/aromatic N) is 4. The van der Waals surface area contributed by atoms with Crippen LogP contribution in [-0.2, 0) is 10.0 Å². The second-order valence-corrected chi connectivity index (χ2v) is 9.00. The van der Waals surface area contributed by atoms with Crippen molar-refractivity contribution in [2.45, 2.75) is 4.90 Å². The SMILES string of the molecule is COc1ccc(-c2nc(N3CC4CNCC4C3)nc3nc[nH]c23)cc1S(N)(=O)=O. The third-order valence-electron chi connectivity index (χ3n) is 5.69. The number of sulfonamides is 1. The summed E-state index contributed by atoms with van der Waals surface area (Å²) in [6.07, 6.45) is 1.55. The smallest absolute Gasteiger partial charge is 0.241 e. The van der Waals surface area contributed by atoms with Crippen molar-refractivity contribution < 1.29 is 13.2 Å². The second-order valence-electron chi connectivity index (χ2n) is 7.47. The molecule has 0 spiro atoms. The highest BCUT2D eigenvalue weighted by Crippen LogP contribution is 2.34. The highest BCUT2D eigenvalue weighted by atomic mass is 32.2. The molecule has 2 aliphatic heterocycles. The lowest BCUT2D eigenvalue weighted by Crippen LogP contribution is -2.27. The normalized spacial score (nSPS) is 21.7. The monoisotopic (exact) mass is 415 g/mol. The first-order valence-electron chi connectivity index (χ1n) is 9.32. The first-order chi connectivity index (χ1) is 13.9. The van der Waals surface area contributed by atoms with Gasteiger partial charge in [-0.05, 0) is 30.0 Å². The molecule has 4 N–H and O–H groups in total. The van der Waals surface area contributed by atoms with Crippen molar-refractivity contribution in [1.29, 1.82) is 0 Å². The fraction of sp³-hybridized carbons (Fsp3) is 0.389. The van der Waals surface area contributed by atoms with Crippen molar-refractivity contribution >= 4 is 27.1 Å². The number of hydrogen-bond donors (Lipinski definition) is 3. The average Bonchev–Trinajstić information content (AvgIpc) is 3.41. The molecule has 4 heterocycles. The number of fused-ring (bicyclic) bond motifs is 2. The van der Waals surface area contributed by atoms with Crippen LogP contribution in [0.15, 0.2) is 29.4 Å². The van der Waals surface area contributed by atoms with Gasteiger partial charge in [0.25, 0.3) is 0 Å². The Bertz CT molecular complexity index is 1180. The Labute approximate surface area is 167 Å². The van der Waals surface area contributed by atoms with Gasteiger partial charge in [0, 0.05) is 31.7 Å². The van der Waals surface area contributed by atoms with E-state index in [1.165, 1.54) is 13.2 Å². The number of primary sulfonamides is 1. The van der Waals surface area contributed by atoms with Crippen LogP contribution in [0.25, 0.3) is 22.4 Å². The fourth-order valence-electron chi connectivity index (χ4n) is 4.24. The molecule has 29 heavy (non-hydrogen) atoms. The first-order valence-corrected chi connectivity index (χ1v) is 10.9. The Balaban J connectivity index is 1.63. The van der Waals surface area contributed by atoms with Crippen LogP contribution in [0.3, 0.4) is 0 Å². The molecule has 0 bridgehead atoms. The quantitative estimate of drug-likeness (QED) is 0.554. The summed E-state index contributed by atoms with van der Waals surface area (Å²) in [7, 11) is -2.56. The summed E-state index contributed by atoms with van der Waals surface area (Å²) in [6.45, 7) is 3.79. The van der Waals surface area contributed by atoms with Gasteiger partial charge in [0.1, 0.15) is 21.9 Å². The Morgan fingerprint density at radius 3 is 2.66 bits per heavy atom.